The Hall–Kier alpha value is -2.35. The van der Waals surface area contributed by atoms with Gasteiger partial charge >= 0.3 is 5.69 Å². The van der Waals surface area contributed by atoms with Crippen molar-refractivity contribution in [2.45, 2.75) is 16.8 Å². The molecule has 0 bridgehead atoms. The minimum atomic E-state index is -0.517. The van der Waals surface area contributed by atoms with Crippen molar-refractivity contribution in [2.75, 3.05) is 5.32 Å². The topological polar surface area (TPSA) is 81.0 Å². The number of benzene rings is 2. The number of hydrogen-bond acceptors (Lipinski definition) is 6. The number of hydrogen-bond donors (Lipinski definition) is 1. The molecule has 0 aliphatic carbocycles. The van der Waals surface area contributed by atoms with E-state index in [1.807, 2.05) is 31.2 Å². The average Bonchev–Trinajstić information content (AvgIpc) is 2.60. The number of nitro groups is 1. The molecule has 0 saturated carbocycles. The summed E-state index contributed by atoms with van der Waals surface area (Å²) < 4.78 is 0. The van der Waals surface area contributed by atoms with Crippen LogP contribution in [0.1, 0.15) is 5.56 Å². The molecule has 3 aromatic rings. The molecule has 6 nitrogen and oxygen atoms in total. The quantitative estimate of drug-likeness (QED) is 0.322. The molecule has 0 spiro atoms. The highest BCUT2D eigenvalue weighted by Crippen LogP contribution is 2.38. The van der Waals surface area contributed by atoms with Gasteiger partial charge in [0.1, 0.15) is 6.33 Å². The van der Waals surface area contributed by atoms with Crippen molar-refractivity contribution in [3.8, 4) is 0 Å². The van der Waals surface area contributed by atoms with Crippen molar-refractivity contribution in [3.63, 3.8) is 0 Å². The van der Waals surface area contributed by atoms with Crippen LogP contribution >= 0.6 is 35.0 Å². The van der Waals surface area contributed by atoms with Gasteiger partial charge < -0.3 is 5.32 Å². The first-order valence-corrected chi connectivity index (χ1v) is 8.97. The van der Waals surface area contributed by atoms with Crippen LogP contribution in [0.25, 0.3) is 0 Å². The summed E-state index contributed by atoms with van der Waals surface area (Å²) in [5.74, 6) is 0.0452. The van der Waals surface area contributed by atoms with Gasteiger partial charge in [-0.2, -0.15) is 0 Å². The summed E-state index contributed by atoms with van der Waals surface area (Å²) in [6.07, 6.45) is 1.27. The molecule has 9 heteroatoms. The Balaban J connectivity index is 1.99. The molecule has 3 rings (SSSR count). The number of rotatable bonds is 5. The first kappa shape index (κ1) is 18.4. The largest absolute Gasteiger partial charge is 0.343 e. The maximum Gasteiger partial charge on any atom is 0.343 e. The highest BCUT2D eigenvalue weighted by atomic mass is 35.5. The fourth-order valence-corrected chi connectivity index (χ4v) is 3.33. The summed E-state index contributed by atoms with van der Waals surface area (Å²) in [7, 11) is 0. The van der Waals surface area contributed by atoms with Gasteiger partial charge in [-0.1, -0.05) is 52.7 Å². The molecule has 0 aliphatic rings. The van der Waals surface area contributed by atoms with Gasteiger partial charge in [-0.3, -0.25) is 10.1 Å². The van der Waals surface area contributed by atoms with Gasteiger partial charge in [-0.15, -0.1) is 0 Å². The second-order valence-corrected chi connectivity index (χ2v) is 7.20. The monoisotopic (exact) mass is 406 g/mol. The van der Waals surface area contributed by atoms with Crippen molar-refractivity contribution < 1.29 is 4.92 Å². The van der Waals surface area contributed by atoms with Crippen LogP contribution in [-0.4, -0.2) is 14.9 Å². The van der Waals surface area contributed by atoms with E-state index in [4.69, 9.17) is 23.2 Å². The molecular formula is C17H12Cl2N4O2S. The maximum atomic E-state index is 11.6. The average molecular weight is 407 g/mol. The maximum absolute atomic E-state index is 11.6. The molecule has 1 N–H and O–H groups in total. The lowest BCUT2D eigenvalue weighted by Gasteiger charge is -2.10. The molecule has 26 heavy (non-hydrogen) atoms. The van der Waals surface area contributed by atoms with E-state index >= 15 is 0 Å². The summed E-state index contributed by atoms with van der Waals surface area (Å²) in [5, 5.41) is 15.6. The van der Waals surface area contributed by atoms with Crippen LogP contribution < -0.4 is 5.32 Å². The van der Waals surface area contributed by atoms with E-state index in [1.165, 1.54) is 18.1 Å². The Bertz CT molecular complexity index is 967. The van der Waals surface area contributed by atoms with Crippen LogP contribution in [0.5, 0.6) is 0 Å². The number of aromatic nitrogens is 2. The Morgan fingerprint density at radius 1 is 1.12 bits per heavy atom. The standard InChI is InChI=1S/C17H12Cl2N4O2S/c1-10-2-5-12(6-3-10)26-17-15(23(24)25)16(20-9-21-17)22-14-8-11(18)4-7-13(14)19/h2-9H,1H3,(H,20,21,22). The Labute approximate surface area is 163 Å². The zero-order valence-corrected chi connectivity index (χ0v) is 15.8. The van der Waals surface area contributed by atoms with Crippen LogP contribution in [-0.2, 0) is 0 Å². The molecule has 0 unspecified atom stereocenters. The van der Waals surface area contributed by atoms with Crippen molar-refractivity contribution in [1.82, 2.24) is 9.97 Å². The Kier molecular flexibility index (Phi) is 5.61. The number of halogens is 2. The van der Waals surface area contributed by atoms with E-state index in [0.29, 0.717) is 15.7 Å². The third-order valence-electron chi connectivity index (χ3n) is 3.39. The summed E-state index contributed by atoms with van der Waals surface area (Å²) in [6, 6.07) is 12.4. The second kappa shape index (κ2) is 7.90. The minimum absolute atomic E-state index is 0.0452. The zero-order valence-electron chi connectivity index (χ0n) is 13.4. The van der Waals surface area contributed by atoms with Crippen LogP contribution in [0.15, 0.2) is 58.7 Å². The van der Waals surface area contributed by atoms with E-state index in [9.17, 15) is 10.1 Å². The lowest BCUT2D eigenvalue weighted by molar-refractivity contribution is -0.387. The molecule has 0 atom stereocenters. The number of nitrogens with zero attached hydrogens (tertiary/aromatic N) is 3. The third kappa shape index (κ3) is 4.24. The number of nitrogens with one attached hydrogen (secondary N) is 1. The van der Waals surface area contributed by atoms with Gasteiger partial charge in [0.25, 0.3) is 0 Å². The first-order chi connectivity index (χ1) is 12.4. The highest BCUT2D eigenvalue weighted by molar-refractivity contribution is 7.99. The molecule has 0 amide bonds. The van der Waals surface area contributed by atoms with Crippen LogP contribution in [0.2, 0.25) is 10.0 Å². The van der Waals surface area contributed by atoms with Crippen LogP contribution in [0, 0.1) is 17.0 Å². The van der Waals surface area contributed by atoms with Crippen molar-refractivity contribution in [2.24, 2.45) is 0 Å². The van der Waals surface area contributed by atoms with Crippen LogP contribution in [0.3, 0.4) is 0 Å². The minimum Gasteiger partial charge on any atom is -0.333 e. The Morgan fingerprint density at radius 3 is 2.54 bits per heavy atom. The molecule has 1 heterocycles. The number of anilines is 2. The first-order valence-electron chi connectivity index (χ1n) is 7.40. The SMILES string of the molecule is Cc1ccc(Sc2ncnc(Nc3cc(Cl)ccc3Cl)c2[N+](=O)[O-])cc1. The van der Waals surface area contributed by atoms with Gasteiger partial charge in [-0.05, 0) is 37.3 Å². The van der Waals surface area contributed by atoms with Gasteiger partial charge in [0, 0.05) is 9.92 Å². The molecular weight excluding hydrogens is 395 g/mol. The molecule has 0 saturated heterocycles. The summed E-state index contributed by atoms with van der Waals surface area (Å²) in [5.41, 5.74) is 1.30. The molecule has 0 fully saturated rings. The Morgan fingerprint density at radius 2 is 1.85 bits per heavy atom. The van der Waals surface area contributed by atoms with E-state index in [2.05, 4.69) is 15.3 Å². The summed E-state index contributed by atoms with van der Waals surface area (Å²) in [6.45, 7) is 1.97. The highest BCUT2D eigenvalue weighted by Gasteiger charge is 2.24. The second-order valence-electron chi connectivity index (χ2n) is 5.30. The lowest BCUT2D eigenvalue weighted by atomic mass is 10.2. The lowest BCUT2D eigenvalue weighted by Crippen LogP contribution is -2.03. The van der Waals surface area contributed by atoms with Gasteiger partial charge in [0.2, 0.25) is 5.82 Å². The molecule has 0 aliphatic heterocycles. The van der Waals surface area contributed by atoms with Gasteiger partial charge in [0.05, 0.1) is 15.6 Å². The zero-order chi connectivity index (χ0) is 18.7. The predicted octanol–water partition coefficient (Wildman–Crippen LogP) is 5.89. The van der Waals surface area contributed by atoms with E-state index < -0.39 is 4.92 Å². The molecule has 2 aromatic carbocycles. The van der Waals surface area contributed by atoms with E-state index in [1.54, 1.807) is 18.2 Å². The fraction of sp³-hybridized carbons (Fsp3) is 0.0588. The normalized spacial score (nSPS) is 10.6. The predicted molar refractivity (Wildman–Crippen MR) is 104 cm³/mol. The third-order valence-corrected chi connectivity index (χ3v) is 4.95. The molecule has 0 radical (unpaired) electrons. The molecule has 1 aromatic heterocycles. The van der Waals surface area contributed by atoms with E-state index in [0.717, 1.165) is 10.5 Å². The smallest absolute Gasteiger partial charge is 0.333 e. The summed E-state index contributed by atoms with van der Waals surface area (Å²) >= 11 is 13.3. The summed E-state index contributed by atoms with van der Waals surface area (Å²) in [4.78, 5) is 20.0. The van der Waals surface area contributed by atoms with Crippen molar-refractivity contribution in [3.05, 3.63) is 74.5 Å². The fourth-order valence-electron chi connectivity index (χ4n) is 2.13. The van der Waals surface area contributed by atoms with Gasteiger partial charge in [-0.25, -0.2) is 9.97 Å². The van der Waals surface area contributed by atoms with Crippen LogP contribution in [0.4, 0.5) is 17.2 Å². The van der Waals surface area contributed by atoms with Crippen molar-refractivity contribution >= 4 is 52.2 Å². The molecule has 132 valence electrons. The van der Waals surface area contributed by atoms with E-state index in [-0.39, 0.29) is 16.5 Å². The van der Waals surface area contributed by atoms with Crippen molar-refractivity contribution in [1.29, 1.82) is 0 Å². The number of aryl methyl sites for hydroxylation is 1. The van der Waals surface area contributed by atoms with Gasteiger partial charge in [0.15, 0.2) is 5.03 Å².